The van der Waals surface area contributed by atoms with Crippen LogP contribution in [0.5, 0.6) is 0 Å². The maximum Gasteiger partial charge on any atom is 0.241 e. The van der Waals surface area contributed by atoms with Crippen molar-refractivity contribution in [1.29, 1.82) is 0 Å². The number of hydrogen-bond acceptors (Lipinski definition) is 6. The number of benzene rings is 1. The van der Waals surface area contributed by atoms with E-state index in [1.54, 1.807) is 17.4 Å². The summed E-state index contributed by atoms with van der Waals surface area (Å²) in [4.78, 5) is 7.38. The molecule has 5 nitrogen and oxygen atoms in total. The predicted octanol–water partition coefficient (Wildman–Crippen LogP) is 4.20. The van der Waals surface area contributed by atoms with Gasteiger partial charge in [0.25, 0.3) is 0 Å². The summed E-state index contributed by atoms with van der Waals surface area (Å²) in [6, 6.07) is 7.25. The lowest BCUT2D eigenvalue weighted by molar-refractivity contribution is 0.0667. The van der Waals surface area contributed by atoms with Crippen molar-refractivity contribution in [3.8, 4) is 10.7 Å². The molecule has 0 spiro atoms. The molecule has 0 fully saturated rings. The van der Waals surface area contributed by atoms with Crippen molar-refractivity contribution < 1.29 is 9.63 Å². The number of hydrogen-bond donors (Lipinski definition) is 1. The van der Waals surface area contributed by atoms with Crippen LogP contribution < -0.4 is 0 Å². The Morgan fingerprint density at radius 2 is 2.24 bits per heavy atom. The van der Waals surface area contributed by atoms with Crippen molar-refractivity contribution in [3.63, 3.8) is 0 Å². The Hall–Kier alpha value is -1.44. The van der Waals surface area contributed by atoms with Crippen molar-refractivity contribution in [2.75, 3.05) is 7.05 Å². The van der Waals surface area contributed by atoms with E-state index in [0.717, 1.165) is 16.0 Å². The molecule has 0 radical (unpaired) electrons. The minimum absolute atomic E-state index is 0.219. The summed E-state index contributed by atoms with van der Waals surface area (Å²) in [5.41, 5.74) is 1.89. The van der Waals surface area contributed by atoms with Gasteiger partial charge in [-0.25, -0.2) is 0 Å². The molecule has 25 heavy (non-hydrogen) atoms. The average molecular weight is 396 g/mol. The summed E-state index contributed by atoms with van der Waals surface area (Å²) < 4.78 is 5.36. The number of fused-ring (bicyclic) bond motifs is 1. The highest BCUT2D eigenvalue weighted by atomic mass is 35.5. The smallest absolute Gasteiger partial charge is 0.241 e. The van der Waals surface area contributed by atoms with E-state index in [4.69, 9.17) is 27.7 Å². The van der Waals surface area contributed by atoms with Crippen LogP contribution in [0.25, 0.3) is 10.7 Å². The van der Waals surface area contributed by atoms with Crippen LogP contribution in [0, 0.1) is 0 Å². The third kappa shape index (κ3) is 3.20. The summed E-state index contributed by atoms with van der Waals surface area (Å²) in [5.74, 6) is 1.08. The second-order valence-corrected chi connectivity index (χ2v) is 7.87. The first-order valence-corrected chi connectivity index (χ1v) is 9.39. The monoisotopic (exact) mass is 395 g/mol. The van der Waals surface area contributed by atoms with Gasteiger partial charge >= 0.3 is 0 Å². The van der Waals surface area contributed by atoms with Crippen LogP contribution in [0.4, 0.5) is 0 Å². The summed E-state index contributed by atoms with van der Waals surface area (Å²) in [7, 11) is 1.91. The van der Waals surface area contributed by atoms with E-state index in [9.17, 15) is 5.11 Å². The van der Waals surface area contributed by atoms with Gasteiger partial charge in [0.1, 0.15) is 0 Å². The first kappa shape index (κ1) is 17.0. The predicted molar refractivity (Wildman–Crippen MR) is 98.0 cm³/mol. The van der Waals surface area contributed by atoms with Gasteiger partial charge in [-0.1, -0.05) is 34.4 Å². The Morgan fingerprint density at radius 3 is 3.00 bits per heavy atom. The summed E-state index contributed by atoms with van der Waals surface area (Å²) in [5, 5.41) is 17.7. The van der Waals surface area contributed by atoms with Crippen LogP contribution in [-0.2, 0) is 13.0 Å². The molecule has 8 heteroatoms. The molecule has 1 aromatic carbocycles. The van der Waals surface area contributed by atoms with E-state index in [-0.39, 0.29) is 6.04 Å². The van der Waals surface area contributed by atoms with Gasteiger partial charge in [0, 0.05) is 16.5 Å². The number of nitrogens with zero attached hydrogens (tertiary/aromatic N) is 3. The molecule has 0 saturated carbocycles. The lowest BCUT2D eigenvalue weighted by Gasteiger charge is -2.26. The highest BCUT2D eigenvalue weighted by molar-refractivity contribution is 7.13. The van der Waals surface area contributed by atoms with Crippen molar-refractivity contribution >= 4 is 34.5 Å². The first-order valence-electron chi connectivity index (χ1n) is 7.75. The zero-order valence-electron chi connectivity index (χ0n) is 13.3. The maximum absolute atomic E-state index is 10.5. The van der Waals surface area contributed by atoms with Gasteiger partial charge in [-0.15, -0.1) is 11.3 Å². The van der Waals surface area contributed by atoms with Crippen molar-refractivity contribution in [2.24, 2.45) is 0 Å². The number of aliphatic hydroxyl groups is 1. The fourth-order valence-electron chi connectivity index (χ4n) is 3.30. The second-order valence-electron chi connectivity index (χ2n) is 6.08. The summed E-state index contributed by atoms with van der Waals surface area (Å²) >= 11 is 14.0. The van der Waals surface area contributed by atoms with Gasteiger partial charge in [0.05, 0.1) is 23.6 Å². The molecule has 1 aliphatic rings. The first-order chi connectivity index (χ1) is 12.0. The largest absolute Gasteiger partial charge is 0.391 e. The molecular weight excluding hydrogens is 381 g/mol. The fraction of sp³-hybridized carbons (Fsp3) is 0.294. The molecule has 0 aliphatic heterocycles. The Balaban J connectivity index is 1.57. The molecule has 0 unspecified atom stereocenters. The van der Waals surface area contributed by atoms with Crippen LogP contribution in [0.2, 0.25) is 10.0 Å². The van der Waals surface area contributed by atoms with Crippen LogP contribution in [0.1, 0.15) is 23.1 Å². The van der Waals surface area contributed by atoms with Gasteiger partial charge in [0.2, 0.25) is 11.7 Å². The molecule has 0 amide bonds. The number of likely N-dealkylation sites (N-methyl/N-ethyl adjacent to an activating group) is 1. The highest BCUT2D eigenvalue weighted by Crippen LogP contribution is 2.41. The van der Waals surface area contributed by atoms with E-state index in [1.807, 2.05) is 35.5 Å². The molecular formula is C17H15Cl2N3O2S. The normalized spacial score (nSPS) is 19.6. The molecule has 0 bridgehead atoms. The van der Waals surface area contributed by atoms with E-state index in [2.05, 4.69) is 10.1 Å². The molecule has 4 rings (SSSR count). The third-order valence-electron chi connectivity index (χ3n) is 4.36. The van der Waals surface area contributed by atoms with Crippen LogP contribution in [0.3, 0.4) is 0 Å². The zero-order chi connectivity index (χ0) is 17.6. The lowest BCUT2D eigenvalue weighted by Crippen LogP contribution is -2.30. The van der Waals surface area contributed by atoms with Gasteiger partial charge in [0.15, 0.2) is 0 Å². The summed E-state index contributed by atoms with van der Waals surface area (Å²) in [6.07, 6.45) is -0.0550. The number of rotatable bonds is 4. The molecule has 1 N–H and O–H groups in total. The zero-order valence-corrected chi connectivity index (χ0v) is 15.6. The van der Waals surface area contributed by atoms with E-state index in [0.29, 0.717) is 34.7 Å². The maximum atomic E-state index is 10.5. The quantitative estimate of drug-likeness (QED) is 0.717. The molecule has 0 saturated heterocycles. The Kier molecular flexibility index (Phi) is 4.56. The molecule has 130 valence electrons. The number of aromatic nitrogens is 2. The van der Waals surface area contributed by atoms with Gasteiger partial charge in [-0.3, -0.25) is 4.90 Å². The fourth-order valence-corrected chi connectivity index (χ4v) is 4.53. The standard InChI is InChI=1S/C17H15Cl2N3O2S/c1-22(8-15-20-17(21-24-15)14-3-2-4-25-14)16-11-5-9(18)6-12(19)10(11)7-13(16)23/h2-6,13,16,23H,7-8H2,1H3/t13-,16+/m0/s1. The van der Waals surface area contributed by atoms with E-state index < -0.39 is 6.10 Å². The minimum atomic E-state index is -0.560. The van der Waals surface area contributed by atoms with Crippen molar-refractivity contribution in [3.05, 3.63) is 56.7 Å². The highest BCUT2D eigenvalue weighted by Gasteiger charge is 2.36. The molecule has 3 aromatic rings. The van der Waals surface area contributed by atoms with Gasteiger partial charge in [-0.05, 0) is 41.8 Å². The van der Waals surface area contributed by atoms with Crippen LogP contribution in [0.15, 0.2) is 34.2 Å². The average Bonchev–Trinajstić information content (AvgIpc) is 3.25. The second kappa shape index (κ2) is 6.70. The summed E-state index contributed by atoms with van der Waals surface area (Å²) in [6.45, 7) is 0.420. The molecule has 2 aromatic heterocycles. The number of halogens is 2. The van der Waals surface area contributed by atoms with Crippen LogP contribution >= 0.6 is 34.5 Å². The van der Waals surface area contributed by atoms with Crippen molar-refractivity contribution in [2.45, 2.75) is 25.1 Å². The van der Waals surface area contributed by atoms with E-state index >= 15 is 0 Å². The Labute approximate surface area is 158 Å². The SMILES string of the molecule is CN(Cc1nc(-c2cccs2)no1)[C@@H]1c2cc(Cl)cc(Cl)c2C[C@@H]1O. The molecule has 2 heterocycles. The Morgan fingerprint density at radius 1 is 1.40 bits per heavy atom. The van der Waals surface area contributed by atoms with Gasteiger partial charge < -0.3 is 9.63 Å². The lowest BCUT2D eigenvalue weighted by atomic mass is 10.1. The van der Waals surface area contributed by atoms with E-state index in [1.165, 1.54) is 0 Å². The third-order valence-corrected chi connectivity index (χ3v) is 5.78. The minimum Gasteiger partial charge on any atom is -0.391 e. The van der Waals surface area contributed by atoms with Crippen LogP contribution in [-0.4, -0.2) is 33.3 Å². The number of aliphatic hydroxyl groups excluding tert-OH is 1. The topological polar surface area (TPSA) is 62.4 Å². The Bertz CT molecular complexity index is 897. The number of thiophene rings is 1. The molecule has 2 atom stereocenters. The van der Waals surface area contributed by atoms with Crippen molar-refractivity contribution in [1.82, 2.24) is 15.0 Å². The molecule has 1 aliphatic carbocycles. The van der Waals surface area contributed by atoms with Gasteiger partial charge in [-0.2, -0.15) is 4.98 Å².